The third kappa shape index (κ3) is 4.53. The predicted octanol–water partition coefficient (Wildman–Crippen LogP) is 6.12. The lowest BCUT2D eigenvalue weighted by molar-refractivity contribution is 0.141. The fraction of sp³-hybridized carbons (Fsp3) is 0.538. The van der Waals surface area contributed by atoms with Gasteiger partial charge in [0.05, 0.1) is 0 Å². The standard InChI is InChI=1S/C26H35FN4S/c1-18-7-8-19(15-28-18)25(5,6)31-14-13-26(17-31,12-11-20-9-10-22(27)32-20)23-29-16-21(30-23)24(2,3)4/h7-10,15-16H,11-14,17H2,1-6H3,(H,29,30)/t26-/m0/s1. The largest absolute Gasteiger partial charge is 0.345 e. The fourth-order valence-electron chi connectivity index (χ4n) is 4.70. The zero-order valence-corrected chi connectivity index (χ0v) is 20.9. The van der Waals surface area contributed by atoms with Gasteiger partial charge < -0.3 is 4.98 Å². The molecule has 1 fully saturated rings. The molecule has 4 heterocycles. The highest BCUT2D eigenvalue weighted by Gasteiger charge is 2.46. The Bertz CT molecular complexity index is 1060. The maximum Gasteiger partial charge on any atom is 0.176 e. The van der Waals surface area contributed by atoms with E-state index in [-0.39, 0.29) is 21.5 Å². The van der Waals surface area contributed by atoms with Gasteiger partial charge in [0.25, 0.3) is 0 Å². The first-order valence-electron chi connectivity index (χ1n) is 11.5. The van der Waals surface area contributed by atoms with Crippen molar-refractivity contribution in [2.24, 2.45) is 0 Å². The van der Waals surface area contributed by atoms with Crippen LogP contribution in [0.3, 0.4) is 0 Å². The SMILES string of the molecule is Cc1ccc(C(C)(C)N2CC[C@](CCc3ccc(F)s3)(c3ncc(C(C)(C)C)[nH]3)C2)cn1. The molecule has 0 spiro atoms. The van der Waals surface area contributed by atoms with E-state index in [4.69, 9.17) is 4.98 Å². The molecule has 3 aromatic heterocycles. The Labute approximate surface area is 195 Å². The van der Waals surface area contributed by atoms with Gasteiger partial charge in [0.15, 0.2) is 5.13 Å². The molecule has 0 aromatic carbocycles. The number of pyridine rings is 1. The lowest BCUT2D eigenvalue weighted by atomic mass is 9.81. The normalized spacial score (nSPS) is 20.2. The number of imidazole rings is 1. The van der Waals surface area contributed by atoms with Crippen LogP contribution in [0.2, 0.25) is 0 Å². The molecule has 0 aliphatic carbocycles. The quantitative estimate of drug-likeness (QED) is 0.488. The number of likely N-dealkylation sites (tertiary alicyclic amines) is 1. The molecule has 1 aliphatic heterocycles. The summed E-state index contributed by atoms with van der Waals surface area (Å²) >= 11 is 1.26. The predicted molar refractivity (Wildman–Crippen MR) is 130 cm³/mol. The first kappa shape index (κ1) is 23.1. The van der Waals surface area contributed by atoms with Crippen LogP contribution in [0, 0.1) is 12.1 Å². The van der Waals surface area contributed by atoms with Gasteiger partial charge in [-0.05, 0) is 63.8 Å². The van der Waals surface area contributed by atoms with E-state index in [1.54, 1.807) is 6.07 Å². The Hall–Kier alpha value is -2.05. The van der Waals surface area contributed by atoms with E-state index in [1.807, 2.05) is 25.4 Å². The number of aromatic nitrogens is 3. The van der Waals surface area contributed by atoms with E-state index in [2.05, 4.69) is 61.6 Å². The van der Waals surface area contributed by atoms with Crippen molar-refractivity contribution in [2.45, 2.75) is 77.2 Å². The molecule has 32 heavy (non-hydrogen) atoms. The number of hydrogen-bond donors (Lipinski definition) is 1. The Morgan fingerprint density at radius 2 is 1.88 bits per heavy atom. The van der Waals surface area contributed by atoms with E-state index in [0.29, 0.717) is 0 Å². The van der Waals surface area contributed by atoms with Crippen molar-refractivity contribution in [3.8, 4) is 0 Å². The van der Waals surface area contributed by atoms with Crippen LogP contribution >= 0.6 is 11.3 Å². The average Bonchev–Trinajstić information content (AvgIpc) is 3.46. The summed E-state index contributed by atoms with van der Waals surface area (Å²) < 4.78 is 13.6. The number of aryl methyl sites for hydroxylation is 2. The number of H-pyrrole nitrogens is 1. The molecular formula is C26H35FN4S. The molecular weight excluding hydrogens is 419 g/mol. The fourth-order valence-corrected chi connectivity index (χ4v) is 5.42. The van der Waals surface area contributed by atoms with Crippen molar-refractivity contribution >= 4 is 11.3 Å². The average molecular weight is 455 g/mol. The minimum atomic E-state index is -0.128. The van der Waals surface area contributed by atoms with E-state index in [0.717, 1.165) is 54.4 Å². The van der Waals surface area contributed by atoms with Gasteiger partial charge in [-0.25, -0.2) is 4.98 Å². The number of halogens is 1. The molecule has 1 saturated heterocycles. The number of nitrogens with zero attached hydrogens (tertiary/aromatic N) is 3. The van der Waals surface area contributed by atoms with Crippen LogP contribution in [-0.2, 0) is 22.8 Å². The van der Waals surface area contributed by atoms with Crippen LogP contribution in [0.15, 0.2) is 36.7 Å². The Balaban J connectivity index is 1.64. The topological polar surface area (TPSA) is 44.8 Å². The molecule has 3 aromatic rings. The number of aromatic amines is 1. The zero-order chi connectivity index (χ0) is 23.1. The van der Waals surface area contributed by atoms with E-state index in [1.165, 1.54) is 16.9 Å². The van der Waals surface area contributed by atoms with Crippen molar-refractivity contribution in [3.05, 3.63) is 69.4 Å². The van der Waals surface area contributed by atoms with Crippen molar-refractivity contribution < 1.29 is 4.39 Å². The molecule has 0 bridgehead atoms. The van der Waals surface area contributed by atoms with Crippen molar-refractivity contribution in [1.29, 1.82) is 0 Å². The Morgan fingerprint density at radius 3 is 2.47 bits per heavy atom. The summed E-state index contributed by atoms with van der Waals surface area (Å²) in [7, 11) is 0. The van der Waals surface area contributed by atoms with E-state index in [9.17, 15) is 4.39 Å². The van der Waals surface area contributed by atoms with Crippen LogP contribution in [0.1, 0.15) is 75.1 Å². The smallest absolute Gasteiger partial charge is 0.176 e. The molecule has 0 unspecified atom stereocenters. The van der Waals surface area contributed by atoms with Gasteiger partial charge in [-0.15, -0.1) is 11.3 Å². The van der Waals surface area contributed by atoms with Crippen molar-refractivity contribution in [3.63, 3.8) is 0 Å². The number of thiophene rings is 1. The summed E-state index contributed by atoms with van der Waals surface area (Å²) in [5, 5.41) is -0.108. The third-order valence-corrected chi connectivity index (χ3v) is 8.06. The van der Waals surface area contributed by atoms with Crippen LogP contribution in [0.5, 0.6) is 0 Å². The first-order chi connectivity index (χ1) is 15.0. The summed E-state index contributed by atoms with van der Waals surface area (Å²) in [5.74, 6) is 1.07. The van der Waals surface area contributed by atoms with Gasteiger partial charge in [0.2, 0.25) is 0 Å². The van der Waals surface area contributed by atoms with Crippen molar-refractivity contribution in [1.82, 2.24) is 19.9 Å². The van der Waals surface area contributed by atoms with E-state index < -0.39 is 0 Å². The second kappa shape index (κ2) is 8.38. The monoisotopic (exact) mass is 454 g/mol. The van der Waals surface area contributed by atoms with Gasteiger partial charge in [-0.3, -0.25) is 9.88 Å². The summed E-state index contributed by atoms with van der Waals surface area (Å²) in [4.78, 5) is 16.8. The second-order valence-corrected chi connectivity index (χ2v) is 11.9. The first-order valence-corrected chi connectivity index (χ1v) is 12.3. The summed E-state index contributed by atoms with van der Waals surface area (Å²) in [6.07, 6.45) is 6.85. The Morgan fingerprint density at radius 1 is 1.09 bits per heavy atom. The molecule has 4 rings (SSSR count). The lowest BCUT2D eigenvalue weighted by Crippen LogP contribution is -2.42. The summed E-state index contributed by atoms with van der Waals surface area (Å²) in [5.41, 5.74) is 3.24. The summed E-state index contributed by atoms with van der Waals surface area (Å²) in [6, 6.07) is 7.78. The zero-order valence-electron chi connectivity index (χ0n) is 20.1. The van der Waals surface area contributed by atoms with Crippen molar-refractivity contribution in [2.75, 3.05) is 13.1 Å². The van der Waals surface area contributed by atoms with Crippen LogP contribution in [-0.4, -0.2) is 32.9 Å². The molecule has 4 nitrogen and oxygen atoms in total. The number of hydrogen-bond acceptors (Lipinski definition) is 4. The van der Waals surface area contributed by atoms with Crippen LogP contribution in [0.25, 0.3) is 0 Å². The Kier molecular flexibility index (Phi) is 6.05. The maximum atomic E-state index is 13.6. The van der Waals surface area contributed by atoms with Gasteiger partial charge in [-0.1, -0.05) is 26.8 Å². The highest BCUT2D eigenvalue weighted by molar-refractivity contribution is 7.10. The molecule has 1 aliphatic rings. The number of rotatable bonds is 6. The number of nitrogens with one attached hydrogen (secondary N) is 1. The minimum Gasteiger partial charge on any atom is -0.345 e. The third-order valence-electron chi connectivity index (χ3n) is 7.13. The maximum absolute atomic E-state index is 13.6. The molecule has 1 atom stereocenters. The second-order valence-electron chi connectivity index (χ2n) is 10.8. The molecule has 0 saturated carbocycles. The highest BCUT2D eigenvalue weighted by atomic mass is 32.1. The summed E-state index contributed by atoms with van der Waals surface area (Å²) in [6.45, 7) is 15.1. The molecule has 6 heteroatoms. The van der Waals surface area contributed by atoms with Gasteiger partial charge >= 0.3 is 0 Å². The molecule has 172 valence electrons. The molecule has 1 N–H and O–H groups in total. The highest BCUT2D eigenvalue weighted by Crippen LogP contribution is 2.43. The van der Waals surface area contributed by atoms with Gasteiger partial charge in [0, 0.05) is 58.1 Å². The van der Waals surface area contributed by atoms with Crippen LogP contribution in [0.4, 0.5) is 4.39 Å². The molecule has 0 radical (unpaired) electrons. The van der Waals surface area contributed by atoms with Gasteiger partial charge in [-0.2, -0.15) is 4.39 Å². The van der Waals surface area contributed by atoms with E-state index >= 15 is 0 Å². The minimum absolute atomic E-state index is 0.0223. The van der Waals surface area contributed by atoms with Crippen LogP contribution < -0.4 is 0 Å². The van der Waals surface area contributed by atoms with Gasteiger partial charge in [0.1, 0.15) is 5.82 Å². The lowest BCUT2D eigenvalue weighted by Gasteiger charge is -2.37. The molecule has 0 amide bonds.